The molecule has 7 nitrogen and oxygen atoms in total. The number of rotatable bonds is 7. The van der Waals surface area contributed by atoms with Crippen LogP contribution in [0, 0.1) is 19.8 Å². The van der Waals surface area contributed by atoms with Gasteiger partial charge in [0.25, 0.3) is 0 Å². The number of anilines is 2. The van der Waals surface area contributed by atoms with E-state index in [0.717, 1.165) is 65.9 Å². The Kier molecular flexibility index (Phi) is 7.13. The Morgan fingerprint density at radius 1 is 1.14 bits per heavy atom. The second-order valence-electron chi connectivity index (χ2n) is 9.39. The van der Waals surface area contributed by atoms with E-state index in [1.807, 2.05) is 35.2 Å². The predicted octanol–water partition coefficient (Wildman–Crippen LogP) is 4.02. The van der Waals surface area contributed by atoms with E-state index in [1.54, 1.807) is 16.2 Å². The highest BCUT2D eigenvalue weighted by molar-refractivity contribution is 7.22. The Bertz CT molecular complexity index is 1210. The van der Waals surface area contributed by atoms with E-state index in [2.05, 4.69) is 30.9 Å². The molecule has 0 spiro atoms. The molecular weight excluding hydrogens is 460 g/mol. The molecule has 8 heteroatoms. The van der Waals surface area contributed by atoms with Gasteiger partial charge in [-0.15, -0.1) is 0 Å². The number of amides is 2. The molecule has 2 saturated heterocycles. The normalized spacial score (nSPS) is 19.0. The van der Waals surface area contributed by atoms with Crippen molar-refractivity contribution >= 4 is 44.2 Å². The minimum absolute atomic E-state index is 0.00131. The van der Waals surface area contributed by atoms with Crippen LogP contribution >= 0.6 is 11.3 Å². The number of carbonyl (C=O) groups excluding carboxylic acids is 2. The van der Waals surface area contributed by atoms with Crippen LogP contribution in [0.15, 0.2) is 42.5 Å². The van der Waals surface area contributed by atoms with Crippen molar-refractivity contribution in [3.8, 4) is 0 Å². The van der Waals surface area contributed by atoms with Gasteiger partial charge in [-0.2, -0.15) is 0 Å². The summed E-state index contributed by atoms with van der Waals surface area (Å²) in [7, 11) is 0. The highest BCUT2D eigenvalue weighted by Crippen LogP contribution is 2.34. The van der Waals surface area contributed by atoms with Crippen molar-refractivity contribution in [3.05, 3.63) is 53.6 Å². The number of hydrogen-bond donors (Lipinski definition) is 0. The van der Waals surface area contributed by atoms with Gasteiger partial charge >= 0.3 is 0 Å². The van der Waals surface area contributed by atoms with Crippen LogP contribution in [-0.4, -0.2) is 67.6 Å². The molecule has 0 radical (unpaired) electrons. The molecular formula is C27H32N4O3S. The molecule has 5 rings (SSSR count). The molecule has 3 heterocycles. The van der Waals surface area contributed by atoms with Crippen molar-refractivity contribution in [1.29, 1.82) is 0 Å². The lowest BCUT2D eigenvalue weighted by Crippen LogP contribution is -2.41. The van der Waals surface area contributed by atoms with E-state index in [4.69, 9.17) is 9.72 Å². The van der Waals surface area contributed by atoms with E-state index in [-0.39, 0.29) is 24.2 Å². The smallest absolute Gasteiger partial charge is 0.234 e. The number of thiazole rings is 1. The summed E-state index contributed by atoms with van der Waals surface area (Å²) in [6.45, 7) is 9.45. The number of para-hydroxylation sites is 1. The van der Waals surface area contributed by atoms with Crippen molar-refractivity contribution in [2.75, 3.05) is 55.7 Å². The summed E-state index contributed by atoms with van der Waals surface area (Å²) in [5, 5.41) is 0.728. The number of aromatic nitrogens is 1. The summed E-state index contributed by atoms with van der Waals surface area (Å²) >= 11 is 1.56. The first-order valence-corrected chi connectivity index (χ1v) is 13.2. The van der Waals surface area contributed by atoms with Crippen LogP contribution in [0.5, 0.6) is 0 Å². The number of benzene rings is 2. The zero-order valence-corrected chi connectivity index (χ0v) is 21.2. The van der Waals surface area contributed by atoms with Gasteiger partial charge in [-0.1, -0.05) is 35.6 Å². The van der Waals surface area contributed by atoms with E-state index >= 15 is 0 Å². The van der Waals surface area contributed by atoms with Crippen molar-refractivity contribution in [2.24, 2.45) is 5.92 Å². The number of morpholine rings is 1. The number of fused-ring (bicyclic) bond motifs is 1. The Hall–Kier alpha value is -2.81. The lowest BCUT2D eigenvalue weighted by Gasteiger charge is -2.28. The zero-order valence-electron chi connectivity index (χ0n) is 20.4. The summed E-state index contributed by atoms with van der Waals surface area (Å²) < 4.78 is 6.55. The maximum Gasteiger partial charge on any atom is 0.234 e. The van der Waals surface area contributed by atoms with Gasteiger partial charge in [0, 0.05) is 44.8 Å². The molecule has 184 valence electrons. The molecule has 0 saturated carbocycles. The molecule has 2 fully saturated rings. The summed E-state index contributed by atoms with van der Waals surface area (Å²) in [5.41, 5.74) is 4.15. The van der Waals surface area contributed by atoms with Gasteiger partial charge < -0.3 is 9.64 Å². The zero-order chi connectivity index (χ0) is 24.4. The summed E-state index contributed by atoms with van der Waals surface area (Å²) in [6.07, 6.45) is 1.08. The number of ether oxygens (including phenoxy) is 1. The van der Waals surface area contributed by atoms with Crippen LogP contribution in [-0.2, 0) is 14.3 Å². The Morgan fingerprint density at radius 3 is 2.69 bits per heavy atom. The molecule has 0 N–H and O–H groups in total. The van der Waals surface area contributed by atoms with Crippen LogP contribution in [0.4, 0.5) is 10.8 Å². The Labute approximate surface area is 210 Å². The van der Waals surface area contributed by atoms with Crippen LogP contribution in [0.2, 0.25) is 0 Å². The monoisotopic (exact) mass is 492 g/mol. The van der Waals surface area contributed by atoms with Crippen LogP contribution in [0.25, 0.3) is 10.2 Å². The maximum atomic E-state index is 13.9. The summed E-state index contributed by atoms with van der Waals surface area (Å²) in [4.78, 5) is 37.6. The minimum atomic E-state index is -0.374. The molecule has 2 aromatic carbocycles. The molecule has 2 aliphatic heterocycles. The molecule has 2 amide bonds. The molecule has 1 atom stereocenters. The number of hydrogen-bond acceptors (Lipinski definition) is 6. The average Bonchev–Trinajstić information content (AvgIpc) is 3.49. The third-order valence-electron chi connectivity index (χ3n) is 7.07. The number of nitrogens with zero attached hydrogens (tertiary/aromatic N) is 4. The number of carbonyl (C=O) groups is 2. The van der Waals surface area contributed by atoms with Crippen LogP contribution in [0.3, 0.4) is 0 Å². The standard InChI is InChI=1S/C27H32N4O3S/c1-19-9-10-23-25(20(19)2)28-27(35-23)30(12-6-11-29-13-15-34-16-14-29)26(33)21-17-24(32)31(18-21)22-7-4-3-5-8-22/h3-5,7-10,21H,6,11-18H2,1-2H3. The third-order valence-corrected chi connectivity index (χ3v) is 8.12. The molecule has 1 unspecified atom stereocenters. The lowest BCUT2D eigenvalue weighted by atomic mass is 10.1. The summed E-state index contributed by atoms with van der Waals surface area (Å²) in [5.74, 6) is -0.383. The molecule has 2 aliphatic rings. The highest BCUT2D eigenvalue weighted by Gasteiger charge is 2.38. The topological polar surface area (TPSA) is 66.0 Å². The van der Waals surface area contributed by atoms with Crippen molar-refractivity contribution < 1.29 is 14.3 Å². The first kappa shape index (κ1) is 23.9. The third kappa shape index (κ3) is 5.10. The Morgan fingerprint density at radius 2 is 1.91 bits per heavy atom. The van der Waals surface area contributed by atoms with Crippen LogP contribution < -0.4 is 9.80 Å². The van der Waals surface area contributed by atoms with Gasteiger partial charge in [0.1, 0.15) is 0 Å². The first-order valence-electron chi connectivity index (χ1n) is 12.3. The van der Waals surface area contributed by atoms with Gasteiger partial charge in [-0.3, -0.25) is 19.4 Å². The van der Waals surface area contributed by atoms with E-state index in [1.165, 1.54) is 5.56 Å². The van der Waals surface area contributed by atoms with Gasteiger partial charge in [0.2, 0.25) is 11.8 Å². The van der Waals surface area contributed by atoms with Crippen molar-refractivity contribution in [2.45, 2.75) is 26.7 Å². The first-order chi connectivity index (χ1) is 17.0. The van der Waals surface area contributed by atoms with Gasteiger partial charge in [-0.25, -0.2) is 4.98 Å². The molecule has 0 aliphatic carbocycles. The largest absolute Gasteiger partial charge is 0.379 e. The fourth-order valence-electron chi connectivity index (χ4n) is 4.86. The number of aryl methyl sites for hydroxylation is 2. The second-order valence-corrected chi connectivity index (χ2v) is 10.4. The fraction of sp³-hybridized carbons (Fsp3) is 0.444. The summed E-state index contributed by atoms with van der Waals surface area (Å²) in [6, 6.07) is 13.8. The minimum Gasteiger partial charge on any atom is -0.379 e. The van der Waals surface area contributed by atoms with Gasteiger partial charge in [-0.05, 0) is 49.6 Å². The maximum absolute atomic E-state index is 13.9. The van der Waals surface area contributed by atoms with Gasteiger partial charge in [0.05, 0.1) is 29.3 Å². The van der Waals surface area contributed by atoms with E-state index < -0.39 is 0 Å². The fourth-order valence-corrected chi connectivity index (χ4v) is 5.91. The average molecular weight is 493 g/mol. The predicted molar refractivity (Wildman–Crippen MR) is 140 cm³/mol. The van der Waals surface area contributed by atoms with E-state index in [0.29, 0.717) is 13.1 Å². The molecule has 35 heavy (non-hydrogen) atoms. The van der Waals surface area contributed by atoms with Gasteiger partial charge in [0.15, 0.2) is 5.13 Å². The SMILES string of the molecule is Cc1ccc2sc(N(CCCN3CCOCC3)C(=O)C3CC(=O)N(c4ccccc4)C3)nc2c1C. The molecule has 0 bridgehead atoms. The van der Waals surface area contributed by atoms with Crippen molar-refractivity contribution in [3.63, 3.8) is 0 Å². The quantitative estimate of drug-likeness (QED) is 0.498. The van der Waals surface area contributed by atoms with E-state index in [9.17, 15) is 9.59 Å². The highest BCUT2D eigenvalue weighted by atomic mass is 32.1. The molecule has 3 aromatic rings. The second kappa shape index (κ2) is 10.4. The Balaban J connectivity index is 1.38. The van der Waals surface area contributed by atoms with Crippen LogP contribution in [0.1, 0.15) is 24.0 Å². The lowest BCUT2D eigenvalue weighted by molar-refractivity contribution is -0.124. The molecule has 1 aromatic heterocycles. The van der Waals surface area contributed by atoms with Crippen molar-refractivity contribution in [1.82, 2.24) is 9.88 Å².